The minimum Gasteiger partial charge on any atom is -0.480 e. The number of hydrogen-bond donors (Lipinski definition) is 3. The van der Waals surface area contributed by atoms with E-state index >= 15 is 0 Å². The van der Waals surface area contributed by atoms with Crippen molar-refractivity contribution in [1.82, 2.24) is 15.3 Å². The molecule has 9 heteroatoms. The van der Waals surface area contributed by atoms with E-state index in [0.717, 1.165) is 0 Å². The number of aromatic amines is 1. The first-order chi connectivity index (χ1) is 13.2. The van der Waals surface area contributed by atoms with Crippen LogP contribution in [0.1, 0.15) is 24.2 Å². The van der Waals surface area contributed by atoms with E-state index in [1.54, 1.807) is 13.8 Å². The third-order valence-electron chi connectivity index (χ3n) is 4.22. The Bertz CT molecular complexity index is 1060. The second-order valence-electron chi connectivity index (χ2n) is 6.57. The molecule has 1 unspecified atom stereocenters. The minimum atomic E-state index is -1.13. The number of amides is 1. The van der Waals surface area contributed by atoms with Gasteiger partial charge in [-0.25, -0.2) is 14.2 Å². The fourth-order valence-electron chi connectivity index (χ4n) is 2.79. The van der Waals surface area contributed by atoms with Gasteiger partial charge in [-0.2, -0.15) is 0 Å². The Balaban J connectivity index is 2.02. The molecular formula is C19H16Cl2FN3O3. The number of aromatic nitrogens is 2. The normalized spacial score (nSPS) is 12.4. The summed E-state index contributed by atoms with van der Waals surface area (Å²) < 4.78 is 14.2. The third-order valence-corrected chi connectivity index (χ3v) is 4.82. The smallest absolute Gasteiger partial charge is 0.326 e. The molecule has 0 spiro atoms. The molecule has 146 valence electrons. The van der Waals surface area contributed by atoms with E-state index in [0.29, 0.717) is 11.0 Å². The molecule has 0 aliphatic rings. The third kappa shape index (κ3) is 3.81. The van der Waals surface area contributed by atoms with E-state index < -0.39 is 23.7 Å². The first-order valence-electron chi connectivity index (χ1n) is 8.36. The molecule has 0 saturated heterocycles. The molecule has 1 heterocycles. The molecule has 0 fully saturated rings. The van der Waals surface area contributed by atoms with Crippen LogP contribution in [0.5, 0.6) is 0 Å². The van der Waals surface area contributed by atoms with E-state index in [1.165, 1.54) is 30.3 Å². The second-order valence-corrected chi connectivity index (χ2v) is 7.38. The quantitative estimate of drug-likeness (QED) is 0.562. The lowest BCUT2D eigenvalue weighted by molar-refractivity contribution is -0.140. The van der Waals surface area contributed by atoms with Gasteiger partial charge in [0.1, 0.15) is 23.2 Å². The number of carbonyl (C=O) groups excluding carboxylic acids is 1. The highest BCUT2D eigenvalue weighted by atomic mass is 35.5. The van der Waals surface area contributed by atoms with Crippen LogP contribution >= 0.6 is 23.2 Å². The molecule has 3 rings (SSSR count). The summed E-state index contributed by atoms with van der Waals surface area (Å²) in [7, 11) is 0. The maximum Gasteiger partial charge on any atom is 0.326 e. The number of fused-ring (bicyclic) bond motifs is 1. The predicted octanol–water partition coefficient (Wildman–Crippen LogP) is 4.51. The molecule has 1 amide bonds. The van der Waals surface area contributed by atoms with Gasteiger partial charge in [-0.05, 0) is 30.2 Å². The van der Waals surface area contributed by atoms with Gasteiger partial charge in [0, 0.05) is 5.56 Å². The summed E-state index contributed by atoms with van der Waals surface area (Å²) in [5, 5.41) is 12.0. The SMILES string of the molecule is CC(C)C(NC(=O)c1cc(Cl)c2nc(-c3c(F)cccc3Cl)[nH]c2c1)C(=O)O. The van der Waals surface area contributed by atoms with Crippen LogP contribution in [0.4, 0.5) is 4.39 Å². The minimum absolute atomic E-state index is 0.0909. The topological polar surface area (TPSA) is 95.1 Å². The highest BCUT2D eigenvalue weighted by Crippen LogP contribution is 2.32. The van der Waals surface area contributed by atoms with Gasteiger partial charge in [0.25, 0.3) is 5.91 Å². The van der Waals surface area contributed by atoms with Gasteiger partial charge in [-0.1, -0.05) is 43.1 Å². The molecule has 0 radical (unpaired) electrons. The molecule has 0 aliphatic carbocycles. The molecule has 1 atom stereocenters. The molecule has 0 aliphatic heterocycles. The monoisotopic (exact) mass is 423 g/mol. The lowest BCUT2D eigenvalue weighted by Gasteiger charge is -2.17. The lowest BCUT2D eigenvalue weighted by Crippen LogP contribution is -2.44. The summed E-state index contributed by atoms with van der Waals surface area (Å²) in [5.74, 6) is -2.41. The van der Waals surface area contributed by atoms with Crippen LogP contribution in [0.2, 0.25) is 10.0 Å². The van der Waals surface area contributed by atoms with E-state index in [1.807, 2.05) is 0 Å². The molecule has 0 saturated carbocycles. The molecule has 1 aromatic heterocycles. The van der Waals surface area contributed by atoms with Gasteiger partial charge in [0.15, 0.2) is 0 Å². The molecular weight excluding hydrogens is 408 g/mol. The Labute approximate surface area is 169 Å². The van der Waals surface area contributed by atoms with Crippen molar-refractivity contribution in [1.29, 1.82) is 0 Å². The van der Waals surface area contributed by atoms with Crippen LogP contribution in [0.15, 0.2) is 30.3 Å². The fraction of sp³-hybridized carbons (Fsp3) is 0.211. The zero-order chi connectivity index (χ0) is 20.6. The largest absolute Gasteiger partial charge is 0.480 e. The van der Waals surface area contributed by atoms with Crippen molar-refractivity contribution in [2.75, 3.05) is 0 Å². The second kappa shape index (κ2) is 7.77. The summed E-state index contributed by atoms with van der Waals surface area (Å²) in [4.78, 5) is 31.0. The number of nitrogens with zero attached hydrogens (tertiary/aromatic N) is 1. The van der Waals surface area contributed by atoms with E-state index in [4.69, 9.17) is 23.2 Å². The van der Waals surface area contributed by atoms with Crippen molar-refractivity contribution in [3.8, 4) is 11.4 Å². The van der Waals surface area contributed by atoms with Gasteiger partial charge < -0.3 is 15.4 Å². The molecule has 2 aromatic carbocycles. The molecule has 6 nitrogen and oxygen atoms in total. The summed E-state index contributed by atoms with van der Waals surface area (Å²) in [6, 6.07) is 6.08. The zero-order valence-corrected chi connectivity index (χ0v) is 16.4. The highest BCUT2D eigenvalue weighted by Gasteiger charge is 2.25. The van der Waals surface area contributed by atoms with Crippen LogP contribution in [0, 0.1) is 11.7 Å². The van der Waals surface area contributed by atoms with Gasteiger partial charge in [-0.15, -0.1) is 0 Å². The van der Waals surface area contributed by atoms with Crippen LogP contribution in [0.3, 0.4) is 0 Å². The van der Waals surface area contributed by atoms with Crippen LogP contribution < -0.4 is 5.32 Å². The van der Waals surface area contributed by atoms with Crippen molar-refractivity contribution < 1.29 is 19.1 Å². The van der Waals surface area contributed by atoms with Crippen LogP contribution in [-0.2, 0) is 4.79 Å². The lowest BCUT2D eigenvalue weighted by atomic mass is 10.0. The number of imidazole rings is 1. The molecule has 3 N–H and O–H groups in total. The van der Waals surface area contributed by atoms with Crippen LogP contribution in [-0.4, -0.2) is 33.0 Å². The summed E-state index contributed by atoms with van der Waals surface area (Å²) in [6.07, 6.45) is 0. The van der Waals surface area contributed by atoms with Crippen LogP contribution in [0.25, 0.3) is 22.4 Å². The standard InChI is InChI=1S/C19H16Cl2FN3O3/c1-8(2)15(19(27)28)25-18(26)9-6-11(21)16-13(7-9)23-17(24-16)14-10(20)4-3-5-12(14)22/h3-8,15H,1-2H3,(H,23,24)(H,25,26)(H,27,28). The summed E-state index contributed by atoms with van der Waals surface area (Å²) in [6.45, 7) is 3.38. The number of carbonyl (C=O) groups is 2. The summed E-state index contributed by atoms with van der Waals surface area (Å²) >= 11 is 12.3. The van der Waals surface area contributed by atoms with Crippen molar-refractivity contribution in [3.05, 3.63) is 51.8 Å². The zero-order valence-electron chi connectivity index (χ0n) is 14.9. The Morgan fingerprint density at radius 1 is 1.21 bits per heavy atom. The first-order valence-corrected chi connectivity index (χ1v) is 9.12. The van der Waals surface area contributed by atoms with Gasteiger partial charge in [0.05, 0.1) is 21.1 Å². The number of hydrogen-bond acceptors (Lipinski definition) is 3. The number of carboxylic acid groups (broad SMARTS) is 1. The van der Waals surface area contributed by atoms with E-state index in [2.05, 4.69) is 15.3 Å². The summed E-state index contributed by atoms with van der Waals surface area (Å²) in [5.41, 5.74) is 0.974. The van der Waals surface area contributed by atoms with Crippen molar-refractivity contribution in [3.63, 3.8) is 0 Å². The average molecular weight is 424 g/mol. The Morgan fingerprint density at radius 3 is 2.54 bits per heavy atom. The Hall–Kier alpha value is -2.64. The number of aliphatic carboxylic acids is 1. The molecule has 3 aromatic rings. The first kappa shape index (κ1) is 20.1. The van der Waals surface area contributed by atoms with Gasteiger partial charge in [-0.3, -0.25) is 4.79 Å². The number of carboxylic acids is 1. The van der Waals surface area contributed by atoms with Crippen molar-refractivity contribution in [2.45, 2.75) is 19.9 Å². The number of rotatable bonds is 5. The van der Waals surface area contributed by atoms with Gasteiger partial charge >= 0.3 is 5.97 Å². The molecule has 0 bridgehead atoms. The molecule has 28 heavy (non-hydrogen) atoms. The van der Waals surface area contributed by atoms with Crippen molar-refractivity contribution >= 4 is 46.1 Å². The van der Waals surface area contributed by atoms with Gasteiger partial charge in [0.2, 0.25) is 0 Å². The number of benzene rings is 2. The maximum absolute atomic E-state index is 14.2. The number of halogens is 3. The average Bonchev–Trinajstić information content (AvgIpc) is 3.02. The fourth-order valence-corrected chi connectivity index (χ4v) is 3.30. The number of nitrogens with one attached hydrogen (secondary N) is 2. The Kier molecular flexibility index (Phi) is 5.58. The van der Waals surface area contributed by atoms with Crippen molar-refractivity contribution in [2.24, 2.45) is 5.92 Å². The predicted molar refractivity (Wildman–Crippen MR) is 105 cm³/mol. The number of H-pyrrole nitrogens is 1. The van der Waals surface area contributed by atoms with E-state index in [-0.39, 0.29) is 32.9 Å². The highest BCUT2D eigenvalue weighted by molar-refractivity contribution is 6.35. The maximum atomic E-state index is 14.2. The van der Waals surface area contributed by atoms with E-state index in [9.17, 15) is 19.1 Å². The Morgan fingerprint density at radius 2 is 1.93 bits per heavy atom.